The molecule has 1 aliphatic rings. The SMILES string of the molecule is Cc1c(C)[n+]([O-])cn1[C@@H]1CCCC[C@H]1N=Cc1ccccc1O. The van der Waals surface area contributed by atoms with E-state index in [1.807, 2.05) is 26.0 Å². The van der Waals surface area contributed by atoms with Crippen LogP contribution >= 0.6 is 0 Å². The largest absolute Gasteiger partial charge is 0.711 e. The summed E-state index contributed by atoms with van der Waals surface area (Å²) in [7, 11) is 0. The van der Waals surface area contributed by atoms with Crippen LogP contribution in [-0.4, -0.2) is 21.9 Å². The Balaban J connectivity index is 1.87. The van der Waals surface area contributed by atoms with Crippen LogP contribution in [0.1, 0.15) is 48.7 Å². The lowest BCUT2D eigenvalue weighted by Crippen LogP contribution is -2.29. The smallest absolute Gasteiger partial charge is 0.247 e. The van der Waals surface area contributed by atoms with Gasteiger partial charge in [0.2, 0.25) is 6.33 Å². The fraction of sp³-hybridized carbons (Fsp3) is 0.444. The molecular formula is C18H23N3O2. The third-order valence-corrected chi connectivity index (χ3v) is 4.86. The van der Waals surface area contributed by atoms with Crippen molar-refractivity contribution in [2.75, 3.05) is 0 Å². The Bertz CT molecular complexity index is 721. The standard InChI is InChI=1S/C18H23N3O2/c1-13-14(2)21(23)12-20(13)17-9-5-4-8-16(17)19-11-15-7-3-6-10-18(15)22/h3,6-7,10-12,16-17,22H,4-5,8-9H2,1-2H3/t16-,17-/m1/s1. The van der Waals surface area contributed by atoms with Gasteiger partial charge < -0.3 is 10.3 Å². The molecule has 1 N–H and O–H groups in total. The number of imidazole rings is 1. The third-order valence-electron chi connectivity index (χ3n) is 4.86. The van der Waals surface area contributed by atoms with Gasteiger partial charge in [0.15, 0.2) is 0 Å². The summed E-state index contributed by atoms with van der Waals surface area (Å²) >= 11 is 0. The van der Waals surface area contributed by atoms with Gasteiger partial charge in [0.1, 0.15) is 23.2 Å². The van der Waals surface area contributed by atoms with E-state index in [9.17, 15) is 10.3 Å². The minimum atomic E-state index is 0.133. The zero-order valence-electron chi connectivity index (χ0n) is 13.6. The summed E-state index contributed by atoms with van der Waals surface area (Å²) in [6.45, 7) is 3.84. The van der Waals surface area contributed by atoms with Crippen LogP contribution in [0.2, 0.25) is 0 Å². The molecule has 0 bridgehead atoms. The van der Waals surface area contributed by atoms with Gasteiger partial charge in [-0.05, 0) is 31.4 Å². The second-order valence-corrected chi connectivity index (χ2v) is 6.28. The minimum Gasteiger partial charge on any atom is -0.711 e. The highest BCUT2D eigenvalue weighted by Crippen LogP contribution is 2.32. The van der Waals surface area contributed by atoms with Crippen LogP contribution in [-0.2, 0) is 0 Å². The second-order valence-electron chi connectivity index (χ2n) is 6.28. The summed E-state index contributed by atoms with van der Waals surface area (Å²) in [6, 6.07) is 7.55. The average molecular weight is 313 g/mol. The molecule has 5 nitrogen and oxygen atoms in total. The predicted octanol–water partition coefficient (Wildman–Crippen LogP) is 3.05. The average Bonchev–Trinajstić information content (AvgIpc) is 2.82. The first-order valence-corrected chi connectivity index (χ1v) is 8.16. The van der Waals surface area contributed by atoms with E-state index in [1.165, 1.54) is 0 Å². The molecule has 23 heavy (non-hydrogen) atoms. The number of para-hydroxylation sites is 1. The zero-order chi connectivity index (χ0) is 16.4. The number of rotatable bonds is 3. The van der Waals surface area contributed by atoms with Gasteiger partial charge >= 0.3 is 0 Å². The number of nitrogens with zero attached hydrogens (tertiary/aromatic N) is 3. The van der Waals surface area contributed by atoms with Crippen LogP contribution in [0.25, 0.3) is 0 Å². The normalized spacial score (nSPS) is 21.8. The van der Waals surface area contributed by atoms with E-state index in [0.29, 0.717) is 0 Å². The van der Waals surface area contributed by atoms with Gasteiger partial charge in [0, 0.05) is 25.6 Å². The molecular weight excluding hydrogens is 290 g/mol. The number of aromatic nitrogens is 2. The lowest BCUT2D eigenvalue weighted by molar-refractivity contribution is -0.611. The van der Waals surface area contributed by atoms with Crippen molar-refractivity contribution in [1.82, 2.24) is 4.57 Å². The first-order valence-electron chi connectivity index (χ1n) is 8.16. The molecule has 2 atom stereocenters. The molecule has 1 aliphatic carbocycles. The molecule has 2 aromatic rings. The van der Waals surface area contributed by atoms with Crippen molar-refractivity contribution in [1.29, 1.82) is 0 Å². The lowest BCUT2D eigenvalue weighted by atomic mass is 9.90. The van der Waals surface area contributed by atoms with Crippen LogP contribution in [0.4, 0.5) is 0 Å². The molecule has 1 fully saturated rings. The molecule has 1 aromatic carbocycles. The van der Waals surface area contributed by atoms with E-state index < -0.39 is 0 Å². The van der Waals surface area contributed by atoms with Crippen molar-refractivity contribution in [2.24, 2.45) is 4.99 Å². The van der Waals surface area contributed by atoms with Gasteiger partial charge in [-0.2, -0.15) is 0 Å². The molecule has 3 rings (SSSR count). The molecule has 0 aliphatic heterocycles. The number of phenolic OH excluding ortho intramolecular Hbond substituents is 1. The molecule has 5 heteroatoms. The first kappa shape index (κ1) is 15.6. The van der Waals surface area contributed by atoms with Crippen molar-refractivity contribution in [3.8, 4) is 5.75 Å². The molecule has 1 aromatic heterocycles. The number of hydrogen-bond acceptors (Lipinski definition) is 3. The Morgan fingerprint density at radius 2 is 2.00 bits per heavy atom. The Hall–Kier alpha value is -2.30. The fourth-order valence-electron chi connectivity index (χ4n) is 3.33. The van der Waals surface area contributed by atoms with E-state index in [2.05, 4.69) is 4.57 Å². The Morgan fingerprint density at radius 1 is 1.26 bits per heavy atom. The van der Waals surface area contributed by atoms with Crippen LogP contribution in [0.5, 0.6) is 5.75 Å². The summed E-state index contributed by atoms with van der Waals surface area (Å²) < 4.78 is 3.02. The Morgan fingerprint density at radius 3 is 2.70 bits per heavy atom. The van der Waals surface area contributed by atoms with Crippen LogP contribution < -0.4 is 4.73 Å². The number of aliphatic imine (C=N–C) groups is 1. The van der Waals surface area contributed by atoms with Crippen molar-refractivity contribution >= 4 is 6.21 Å². The lowest BCUT2D eigenvalue weighted by Gasteiger charge is -2.26. The van der Waals surface area contributed by atoms with Crippen LogP contribution in [0.15, 0.2) is 35.6 Å². The van der Waals surface area contributed by atoms with E-state index in [-0.39, 0.29) is 17.8 Å². The minimum absolute atomic E-state index is 0.133. The Labute approximate surface area is 136 Å². The molecule has 122 valence electrons. The molecule has 1 heterocycles. The van der Waals surface area contributed by atoms with Gasteiger partial charge in [-0.1, -0.05) is 18.6 Å². The molecule has 0 saturated heterocycles. The van der Waals surface area contributed by atoms with Crippen molar-refractivity contribution in [3.63, 3.8) is 0 Å². The summed E-state index contributed by atoms with van der Waals surface area (Å²) in [5.74, 6) is 0.244. The summed E-state index contributed by atoms with van der Waals surface area (Å²) in [5, 5.41) is 21.7. The van der Waals surface area contributed by atoms with E-state index in [4.69, 9.17) is 4.99 Å². The summed E-state index contributed by atoms with van der Waals surface area (Å²) in [6.07, 6.45) is 7.74. The number of benzene rings is 1. The summed E-state index contributed by atoms with van der Waals surface area (Å²) in [4.78, 5) is 4.73. The highest BCUT2D eigenvalue weighted by Gasteiger charge is 2.31. The van der Waals surface area contributed by atoms with Crippen LogP contribution in [0.3, 0.4) is 0 Å². The fourth-order valence-corrected chi connectivity index (χ4v) is 3.33. The van der Waals surface area contributed by atoms with Crippen molar-refractivity contribution in [2.45, 2.75) is 51.6 Å². The molecule has 0 amide bonds. The number of aromatic hydroxyl groups is 1. The topological polar surface area (TPSA) is 64.5 Å². The van der Waals surface area contributed by atoms with Gasteiger partial charge in [-0.15, -0.1) is 0 Å². The van der Waals surface area contributed by atoms with Crippen LogP contribution in [0, 0.1) is 19.1 Å². The maximum absolute atomic E-state index is 11.9. The zero-order valence-corrected chi connectivity index (χ0v) is 13.6. The van der Waals surface area contributed by atoms with E-state index >= 15 is 0 Å². The summed E-state index contributed by atoms with van der Waals surface area (Å²) in [5.41, 5.74) is 2.49. The first-order chi connectivity index (χ1) is 11.1. The van der Waals surface area contributed by atoms with E-state index in [1.54, 1.807) is 24.7 Å². The third kappa shape index (κ3) is 3.09. The molecule has 0 spiro atoms. The van der Waals surface area contributed by atoms with Gasteiger partial charge in [-0.25, -0.2) is 9.30 Å². The maximum atomic E-state index is 11.9. The van der Waals surface area contributed by atoms with Crippen molar-refractivity contribution < 1.29 is 9.84 Å². The number of hydrogen-bond donors (Lipinski definition) is 1. The van der Waals surface area contributed by atoms with E-state index in [0.717, 1.165) is 47.4 Å². The second kappa shape index (κ2) is 6.44. The Kier molecular flexibility index (Phi) is 4.37. The van der Waals surface area contributed by atoms with Gasteiger partial charge in [-0.3, -0.25) is 4.99 Å². The molecule has 1 saturated carbocycles. The van der Waals surface area contributed by atoms with Gasteiger partial charge in [0.05, 0.1) is 6.04 Å². The maximum Gasteiger partial charge on any atom is 0.247 e. The predicted molar refractivity (Wildman–Crippen MR) is 89.9 cm³/mol. The van der Waals surface area contributed by atoms with Gasteiger partial charge in [0.25, 0.3) is 0 Å². The molecule has 0 unspecified atom stereocenters. The highest BCUT2D eigenvalue weighted by atomic mass is 16.5. The van der Waals surface area contributed by atoms with Crippen molar-refractivity contribution in [3.05, 3.63) is 52.8 Å². The quantitative estimate of drug-likeness (QED) is 0.538. The monoisotopic (exact) mass is 313 g/mol. The number of phenols is 1. The highest BCUT2D eigenvalue weighted by molar-refractivity contribution is 5.83. The molecule has 0 radical (unpaired) electrons.